The van der Waals surface area contributed by atoms with Crippen molar-refractivity contribution < 1.29 is 17.9 Å². The van der Waals surface area contributed by atoms with E-state index < -0.39 is 10.0 Å². The van der Waals surface area contributed by atoms with Gasteiger partial charge in [-0.1, -0.05) is 6.07 Å². The minimum absolute atomic E-state index is 0.165. The lowest BCUT2D eigenvalue weighted by atomic mass is 10.1. The highest BCUT2D eigenvalue weighted by molar-refractivity contribution is 7.98. The molecule has 0 spiro atoms. The van der Waals surface area contributed by atoms with Gasteiger partial charge in [0.25, 0.3) is 5.91 Å². The fraction of sp³-hybridized carbons (Fsp3) is 0.381. The van der Waals surface area contributed by atoms with Gasteiger partial charge in [0, 0.05) is 24.8 Å². The summed E-state index contributed by atoms with van der Waals surface area (Å²) in [7, 11) is -3.60. The summed E-state index contributed by atoms with van der Waals surface area (Å²) in [6.07, 6.45) is 4.56. The lowest BCUT2D eigenvalue weighted by Gasteiger charge is -2.26. The Bertz CT molecular complexity index is 1170. The highest BCUT2D eigenvalue weighted by Gasteiger charge is 2.27. The first-order valence-corrected chi connectivity index (χ1v) is 13.1. The Balaban J connectivity index is 1.52. The van der Waals surface area contributed by atoms with Gasteiger partial charge in [-0.2, -0.15) is 16.1 Å². The van der Waals surface area contributed by atoms with E-state index in [2.05, 4.69) is 15.5 Å². The van der Waals surface area contributed by atoms with Gasteiger partial charge in [0.05, 0.1) is 24.2 Å². The van der Waals surface area contributed by atoms with E-state index >= 15 is 0 Å². The van der Waals surface area contributed by atoms with Crippen LogP contribution >= 0.6 is 11.8 Å². The Morgan fingerprint density at radius 1 is 1.16 bits per heavy atom. The number of nitrogens with zero attached hydrogens (tertiary/aromatic N) is 4. The third kappa shape index (κ3) is 4.80. The number of hydrogen-bond acceptors (Lipinski definition) is 7. The molecule has 11 heteroatoms. The van der Waals surface area contributed by atoms with Crippen LogP contribution in [-0.4, -0.2) is 71.5 Å². The van der Waals surface area contributed by atoms with Crippen molar-refractivity contribution in [2.24, 2.45) is 0 Å². The summed E-state index contributed by atoms with van der Waals surface area (Å²) in [5.41, 5.74) is 1.09. The van der Waals surface area contributed by atoms with Crippen LogP contribution in [0.1, 0.15) is 28.6 Å². The zero-order valence-electron chi connectivity index (χ0n) is 17.7. The largest absolute Gasteiger partial charge is 0.379 e. The van der Waals surface area contributed by atoms with E-state index in [-0.39, 0.29) is 16.8 Å². The fourth-order valence-corrected chi connectivity index (χ4v) is 5.43. The summed E-state index contributed by atoms with van der Waals surface area (Å²) in [5, 5.41) is 11.5. The first-order chi connectivity index (χ1) is 15.5. The standard InChI is InChI=1S/C21H25N5O4S2/c1-31-15-9-18(20-24-23-19-4-2-3-10-26(19)20)22-21(27)16-5-7-17(8-6-16)32(28,29)25-11-13-30-14-12-25/h2-8,10,18H,9,11-15H2,1H3,(H,22,27)/t18-/m1/s1. The van der Waals surface area contributed by atoms with E-state index in [0.717, 1.165) is 5.75 Å². The topological polar surface area (TPSA) is 106 Å². The molecule has 0 radical (unpaired) electrons. The van der Waals surface area contributed by atoms with Gasteiger partial charge in [-0.05, 0) is 54.8 Å². The van der Waals surface area contributed by atoms with Gasteiger partial charge in [0.1, 0.15) is 0 Å². The average Bonchev–Trinajstić information content (AvgIpc) is 3.26. The van der Waals surface area contributed by atoms with Crippen molar-refractivity contribution in [3.8, 4) is 0 Å². The number of carbonyl (C=O) groups excluding carboxylic acids is 1. The number of thioether (sulfide) groups is 1. The molecule has 0 aliphatic carbocycles. The molecule has 9 nitrogen and oxygen atoms in total. The summed E-state index contributed by atoms with van der Waals surface area (Å²) >= 11 is 1.68. The van der Waals surface area contributed by atoms with Crippen LogP contribution < -0.4 is 5.32 Å². The Morgan fingerprint density at radius 3 is 2.62 bits per heavy atom. The van der Waals surface area contributed by atoms with Gasteiger partial charge in [0.2, 0.25) is 10.0 Å². The molecule has 1 aliphatic rings. The van der Waals surface area contributed by atoms with Crippen LogP contribution in [0, 0.1) is 0 Å². The first-order valence-electron chi connectivity index (χ1n) is 10.3. The van der Waals surface area contributed by atoms with Gasteiger partial charge >= 0.3 is 0 Å². The van der Waals surface area contributed by atoms with Crippen molar-refractivity contribution in [3.63, 3.8) is 0 Å². The number of ether oxygens (including phenoxy) is 1. The smallest absolute Gasteiger partial charge is 0.251 e. The number of fused-ring (bicyclic) bond motifs is 1. The molecule has 2 aromatic heterocycles. The summed E-state index contributed by atoms with van der Waals surface area (Å²) in [6.45, 7) is 1.42. The van der Waals surface area contributed by atoms with E-state index in [1.165, 1.54) is 28.6 Å². The number of aromatic nitrogens is 3. The van der Waals surface area contributed by atoms with E-state index in [0.29, 0.717) is 49.8 Å². The Hall–Kier alpha value is -2.47. The van der Waals surface area contributed by atoms with Crippen LogP contribution in [0.15, 0.2) is 53.6 Å². The second-order valence-electron chi connectivity index (χ2n) is 7.34. The van der Waals surface area contributed by atoms with Crippen LogP contribution in [0.4, 0.5) is 0 Å². The first kappa shape index (κ1) is 22.7. The number of carbonyl (C=O) groups is 1. The third-order valence-electron chi connectivity index (χ3n) is 5.29. The van der Waals surface area contributed by atoms with Gasteiger partial charge < -0.3 is 10.1 Å². The van der Waals surface area contributed by atoms with Crippen LogP contribution in [-0.2, 0) is 14.8 Å². The maximum absolute atomic E-state index is 13.0. The summed E-state index contributed by atoms with van der Waals surface area (Å²) < 4.78 is 34.1. The molecule has 1 amide bonds. The molecule has 0 bridgehead atoms. The highest BCUT2D eigenvalue weighted by Crippen LogP contribution is 2.21. The van der Waals surface area contributed by atoms with Crippen molar-refractivity contribution in [2.45, 2.75) is 17.4 Å². The predicted octanol–water partition coefficient (Wildman–Crippen LogP) is 1.97. The zero-order chi connectivity index (χ0) is 22.6. The Labute approximate surface area is 191 Å². The molecule has 1 aromatic carbocycles. The van der Waals surface area contributed by atoms with Crippen molar-refractivity contribution in [1.82, 2.24) is 24.2 Å². The molecular formula is C21H25N5O4S2. The lowest BCUT2D eigenvalue weighted by Crippen LogP contribution is -2.40. The maximum atomic E-state index is 13.0. The molecule has 1 atom stereocenters. The number of hydrogen-bond donors (Lipinski definition) is 1. The molecule has 170 valence electrons. The summed E-state index contributed by atoms with van der Waals surface area (Å²) in [5.74, 6) is 1.21. The SMILES string of the molecule is CSCC[C@@H](NC(=O)c1ccc(S(=O)(=O)N2CCOCC2)cc1)c1nnc2ccccn12. The highest BCUT2D eigenvalue weighted by atomic mass is 32.2. The van der Waals surface area contributed by atoms with Crippen LogP contribution in [0.25, 0.3) is 5.65 Å². The maximum Gasteiger partial charge on any atom is 0.251 e. The molecule has 1 aliphatic heterocycles. The van der Waals surface area contributed by atoms with Crippen LogP contribution in [0.2, 0.25) is 0 Å². The normalized spacial score (nSPS) is 16.2. The number of benzene rings is 1. The molecule has 1 N–H and O–H groups in total. The van der Waals surface area contributed by atoms with E-state index in [1.54, 1.807) is 11.8 Å². The molecule has 32 heavy (non-hydrogen) atoms. The second kappa shape index (κ2) is 9.99. The second-order valence-corrected chi connectivity index (χ2v) is 10.3. The number of rotatable bonds is 8. The van der Waals surface area contributed by atoms with Crippen molar-refractivity contribution in [1.29, 1.82) is 0 Å². The Kier molecular flexibility index (Phi) is 7.09. The molecular weight excluding hydrogens is 450 g/mol. The molecule has 0 unspecified atom stereocenters. The van der Waals surface area contributed by atoms with Gasteiger partial charge in [0.15, 0.2) is 11.5 Å². The van der Waals surface area contributed by atoms with E-state index in [9.17, 15) is 13.2 Å². The minimum Gasteiger partial charge on any atom is -0.379 e. The molecule has 0 saturated carbocycles. The fourth-order valence-electron chi connectivity index (χ4n) is 3.55. The quantitative estimate of drug-likeness (QED) is 0.531. The van der Waals surface area contributed by atoms with Crippen molar-refractivity contribution in [2.75, 3.05) is 38.3 Å². The summed E-state index contributed by atoms with van der Waals surface area (Å²) in [6, 6.07) is 11.3. The zero-order valence-corrected chi connectivity index (χ0v) is 19.3. The summed E-state index contributed by atoms with van der Waals surface area (Å²) in [4.78, 5) is 13.1. The van der Waals surface area contributed by atoms with Crippen molar-refractivity contribution >= 4 is 33.3 Å². The molecule has 1 fully saturated rings. The van der Waals surface area contributed by atoms with E-state index in [1.807, 2.05) is 35.1 Å². The van der Waals surface area contributed by atoms with Crippen LogP contribution in [0.3, 0.4) is 0 Å². The molecule has 1 saturated heterocycles. The van der Waals surface area contributed by atoms with E-state index in [4.69, 9.17) is 4.74 Å². The monoisotopic (exact) mass is 475 g/mol. The molecule has 3 heterocycles. The number of nitrogens with one attached hydrogen (secondary N) is 1. The lowest BCUT2D eigenvalue weighted by molar-refractivity contribution is 0.0730. The Morgan fingerprint density at radius 2 is 1.91 bits per heavy atom. The minimum atomic E-state index is -3.60. The molecule has 3 aromatic rings. The van der Waals surface area contributed by atoms with Gasteiger partial charge in [-0.25, -0.2) is 8.42 Å². The molecule has 4 rings (SSSR count). The number of amides is 1. The van der Waals surface area contributed by atoms with Gasteiger partial charge in [-0.3, -0.25) is 9.20 Å². The number of pyridine rings is 1. The number of morpholine rings is 1. The number of sulfonamides is 1. The predicted molar refractivity (Wildman–Crippen MR) is 122 cm³/mol. The van der Waals surface area contributed by atoms with Crippen molar-refractivity contribution in [3.05, 3.63) is 60.0 Å². The van der Waals surface area contributed by atoms with Gasteiger partial charge in [-0.15, -0.1) is 10.2 Å². The average molecular weight is 476 g/mol. The third-order valence-corrected chi connectivity index (χ3v) is 7.85. The van der Waals surface area contributed by atoms with Crippen LogP contribution in [0.5, 0.6) is 0 Å².